The van der Waals surface area contributed by atoms with Crippen LogP contribution in [0.4, 0.5) is 5.95 Å². The van der Waals surface area contributed by atoms with Crippen LogP contribution < -0.4 is 5.32 Å². The van der Waals surface area contributed by atoms with Gasteiger partial charge in [-0.05, 0) is 19.8 Å². The van der Waals surface area contributed by atoms with Crippen molar-refractivity contribution in [3.8, 4) is 0 Å². The fourth-order valence-corrected chi connectivity index (χ4v) is 3.78. The fourth-order valence-electron chi connectivity index (χ4n) is 2.48. The number of nitrogens with zero attached hydrogens (tertiary/aromatic N) is 3. The predicted molar refractivity (Wildman–Crippen MR) is 78.6 cm³/mol. The Bertz CT molecular complexity index is 547. The van der Waals surface area contributed by atoms with E-state index in [0.717, 1.165) is 22.6 Å². The quantitative estimate of drug-likeness (QED) is 0.840. The number of hydrogen-bond acceptors (Lipinski definition) is 5. The van der Waals surface area contributed by atoms with Crippen molar-refractivity contribution in [2.75, 3.05) is 11.9 Å². The van der Waals surface area contributed by atoms with Crippen LogP contribution in [0.3, 0.4) is 0 Å². The van der Waals surface area contributed by atoms with Crippen molar-refractivity contribution >= 4 is 28.7 Å². The Balaban J connectivity index is 1.88. The Morgan fingerprint density at radius 3 is 2.95 bits per heavy atom. The first-order valence-corrected chi connectivity index (χ1v) is 7.86. The number of aromatic nitrogens is 4. The summed E-state index contributed by atoms with van der Waals surface area (Å²) in [5, 5.41) is 13.0. The largest absolute Gasteiger partial charge is 0.354 e. The highest BCUT2D eigenvalue weighted by Gasteiger charge is 2.18. The van der Waals surface area contributed by atoms with Crippen LogP contribution >= 0.6 is 11.8 Å². The Hall–Kier alpha value is -1.30. The van der Waals surface area contributed by atoms with E-state index in [2.05, 4.69) is 32.4 Å². The molecule has 0 saturated heterocycles. The van der Waals surface area contributed by atoms with Gasteiger partial charge in [0.15, 0.2) is 5.65 Å². The highest BCUT2D eigenvalue weighted by Crippen LogP contribution is 2.35. The minimum absolute atomic E-state index is 0.691. The van der Waals surface area contributed by atoms with E-state index in [1.54, 1.807) is 0 Å². The lowest BCUT2D eigenvalue weighted by molar-refractivity contribution is 0.516. The van der Waals surface area contributed by atoms with E-state index in [9.17, 15) is 0 Å². The standard InChI is InChI=1S/C13H19N5S/c1-2-14-13-16-11-10(8-15-18-11)12(17-13)19-9-6-4-3-5-7-9/h8-9H,2-7H2,1H3,(H2,14,15,16,17,18). The third kappa shape index (κ3) is 2.83. The molecule has 2 aromatic heterocycles. The number of anilines is 1. The third-order valence-corrected chi connectivity index (χ3v) is 4.78. The average Bonchev–Trinajstić information content (AvgIpc) is 2.89. The predicted octanol–water partition coefficient (Wildman–Crippen LogP) is 3.21. The number of H-pyrrole nitrogens is 1. The molecule has 3 rings (SSSR count). The zero-order valence-electron chi connectivity index (χ0n) is 11.1. The molecule has 0 radical (unpaired) electrons. The summed E-state index contributed by atoms with van der Waals surface area (Å²) in [7, 11) is 0. The van der Waals surface area contributed by atoms with E-state index in [1.807, 2.05) is 18.0 Å². The smallest absolute Gasteiger partial charge is 0.225 e. The van der Waals surface area contributed by atoms with Crippen LogP contribution in [0.1, 0.15) is 39.0 Å². The number of rotatable bonds is 4. The zero-order chi connectivity index (χ0) is 13.1. The van der Waals surface area contributed by atoms with Crippen LogP contribution in [-0.2, 0) is 0 Å². The molecule has 19 heavy (non-hydrogen) atoms. The normalized spacial score (nSPS) is 16.9. The third-order valence-electron chi connectivity index (χ3n) is 3.44. The van der Waals surface area contributed by atoms with Gasteiger partial charge >= 0.3 is 0 Å². The second-order valence-corrected chi connectivity index (χ2v) is 6.18. The molecule has 2 heterocycles. The van der Waals surface area contributed by atoms with E-state index in [4.69, 9.17) is 0 Å². The highest BCUT2D eigenvalue weighted by molar-refractivity contribution is 8.00. The van der Waals surface area contributed by atoms with Gasteiger partial charge in [0.25, 0.3) is 0 Å². The molecule has 0 aliphatic heterocycles. The van der Waals surface area contributed by atoms with Crippen LogP contribution in [0.5, 0.6) is 0 Å². The van der Waals surface area contributed by atoms with E-state index in [-0.39, 0.29) is 0 Å². The first-order chi connectivity index (χ1) is 9.36. The molecule has 1 aliphatic carbocycles. The van der Waals surface area contributed by atoms with Gasteiger partial charge in [0.05, 0.1) is 11.6 Å². The van der Waals surface area contributed by atoms with Gasteiger partial charge in [-0.1, -0.05) is 19.3 Å². The van der Waals surface area contributed by atoms with Gasteiger partial charge in [0, 0.05) is 11.8 Å². The minimum atomic E-state index is 0.691. The number of hydrogen-bond donors (Lipinski definition) is 2. The molecule has 102 valence electrons. The Morgan fingerprint density at radius 1 is 1.32 bits per heavy atom. The molecule has 1 fully saturated rings. The van der Waals surface area contributed by atoms with E-state index < -0.39 is 0 Å². The second-order valence-electron chi connectivity index (χ2n) is 4.89. The Labute approximate surface area is 117 Å². The van der Waals surface area contributed by atoms with Crippen molar-refractivity contribution in [3.63, 3.8) is 0 Å². The van der Waals surface area contributed by atoms with Crippen molar-refractivity contribution < 1.29 is 0 Å². The van der Waals surface area contributed by atoms with Gasteiger partial charge in [-0.15, -0.1) is 11.8 Å². The number of nitrogens with one attached hydrogen (secondary N) is 2. The molecule has 5 nitrogen and oxygen atoms in total. The second kappa shape index (κ2) is 5.77. The number of fused-ring (bicyclic) bond motifs is 1. The molecule has 0 unspecified atom stereocenters. The fraction of sp³-hybridized carbons (Fsp3) is 0.615. The van der Waals surface area contributed by atoms with Crippen LogP contribution in [0.25, 0.3) is 11.0 Å². The molecular formula is C13H19N5S. The van der Waals surface area contributed by atoms with Gasteiger partial charge in [0.1, 0.15) is 5.03 Å². The van der Waals surface area contributed by atoms with Crippen molar-refractivity contribution in [1.29, 1.82) is 0 Å². The molecule has 1 aliphatic rings. The molecule has 0 bridgehead atoms. The van der Waals surface area contributed by atoms with E-state index in [0.29, 0.717) is 11.2 Å². The Kier molecular flexibility index (Phi) is 3.87. The lowest BCUT2D eigenvalue weighted by Gasteiger charge is -2.20. The monoisotopic (exact) mass is 277 g/mol. The molecule has 6 heteroatoms. The zero-order valence-corrected chi connectivity index (χ0v) is 12.0. The summed E-state index contributed by atoms with van der Waals surface area (Å²) in [4.78, 5) is 9.06. The summed E-state index contributed by atoms with van der Waals surface area (Å²) >= 11 is 1.89. The molecule has 0 spiro atoms. The van der Waals surface area contributed by atoms with Crippen LogP contribution in [-0.4, -0.2) is 32.0 Å². The maximum atomic E-state index is 4.64. The van der Waals surface area contributed by atoms with Gasteiger partial charge in [-0.25, -0.2) is 4.98 Å². The molecular weight excluding hydrogens is 258 g/mol. The van der Waals surface area contributed by atoms with Gasteiger partial charge < -0.3 is 5.32 Å². The summed E-state index contributed by atoms with van der Waals surface area (Å²) in [5.74, 6) is 0.692. The van der Waals surface area contributed by atoms with Crippen molar-refractivity contribution in [2.45, 2.75) is 49.3 Å². The van der Waals surface area contributed by atoms with Crippen LogP contribution in [0.15, 0.2) is 11.2 Å². The van der Waals surface area contributed by atoms with E-state index in [1.165, 1.54) is 32.1 Å². The highest BCUT2D eigenvalue weighted by atomic mass is 32.2. The minimum Gasteiger partial charge on any atom is -0.354 e. The average molecular weight is 277 g/mol. The topological polar surface area (TPSA) is 66.5 Å². The van der Waals surface area contributed by atoms with Gasteiger partial charge in [0.2, 0.25) is 5.95 Å². The summed E-state index contributed by atoms with van der Waals surface area (Å²) < 4.78 is 0. The number of aromatic amines is 1. The number of thioether (sulfide) groups is 1. The maximum Gasteiger partial charge on any atom is 0.225 e. The van der Waals surface area contributed by atoms with E-state index >= 15 is 0 Å². The summed E-state index contributed by atoms with van der Waals surface area (Å²) in [5.41, 5.74) is 0.823. The van der Waals surface area contributed by atoms with Crippen LogP contribution in [0, 0.1) is 0 Å². The first kappa shape index (κ1) is 12.7. The summed E-state index contributed by atoms with van der Waals surface area (Å²) in [6.45, 7) is 2.88. The van der Waals surface area contributed by atoms with Crippen molar-refractivity contribution in [2.24, 2.45) is 0 Å². The van der Waals surface area contributed by atoms with Crippen molar-refractivity contribution in [3.05, 3.63) is 6.20 Å². The summed E-state index contributed by atoms with van der Waals surface area (Å²) in [6, 6.07) is 0. The van der Waals surface area contributed by atoms with Crippen LogP contribution in [0.2, 0.25) is 0 Å². The lowest BCUT2D eigenvalue weighted by atomic mass is 10.0. The molecule has 1 saturated carbocycles. The first-order valence-electron chi connectivity index (χ1n) is 6.98. The molecule has 2 aromatic rings. The van der Waals surface area contributed by atoms with Crippen molar-refractivity contribution in [1.82, 2.24) is 20.2 Å². The van der Waals surface area contributed by atoms with Gasteiger partial charge in [-0.3, -0.25) is 5.10 Å². The molecule has 2 N–H and O–H groups in total. The Morgan fingerprint density at radius 2 is 2.16 bits per heavy atom. The molecule has 0 aromatic carbocycles. The SMILES string of the molecule is CCNc1nc(SC2CCCCC2)c2cn[nH]c2n1. The lowest BCUT2D eigenvalue weighted by Crippen LogP contribution is -2.09. The molecule has 0 amide bonds. The molecule has 0 atom stereocenters. The van der Waals surface area contributed by atoms with Gasteiger partial charge in [-0.2, -0.15) is 10.1 Å². The summed E-state index contributed by atoms with van der Waals surface area (Å²) in [6.07, 6.45) is 8.49. The maximum absolute atomic E-state index is 4.64.